The molecule has 0 spiro atoms. The lowest BCUT2D eigenvalue weighted by molar-refractivity contribution is -0.149. The van der Waals surface area contributed by atoms with Gasteiger partial charge < -0.3 is 4.74 Å². The summed E-state index contributed by atoms with van der Waals surface area (Å²) >= 11 is 0. The third kappa shape index (κ3) is 3.20. The molecule has 0 amide bonds. The summed E-state index contributed by atoms with van der Waals surface area (Å²) in [6.45, 7) is 4.03. The SMILES string of the molecule is COC(=O)C1C(=O)C=C(C(C)C)CC1c1ccc(F)cc1. The number of ether oxygens (including phenoxy) is 1. The van der Waals surface area contributed by atoms with Gasteiger partial charge in [-0.2, -0.15) is 0 Å². The van der Waals surface area contributed by atoms with Gasteiger partial charge in [-0.05, 0) is 36.1 Å². The van der Waals surface area contributed by atoms with Crippen LogP contribution in [0.2, 0.25) is 0 Å². The molecule has 1 aliphatic carbocycles. The maximum Gasteiger partial charge on any atom is 0.317 e. The van der Waals surface area contributed by atoms with Crippen LogP contribution in [0.4, 0.5) is 4.39 Å². The van der Waals surface area contributed by atoms with Crippen LogP contribution in [0.15, 0.2) is 35.9 Å². The molecule has 3 nitrogen and oxygen atoms in total. The van der Waals surface area contributed by atoms with E-state index in [1.807, 2.05) is 13.8 Å². The highest BCUT2D eigenvalue weighted by atomic mass is 19.1. The minimum atomic E-state index is -0.844. The molecule has 0 bridgehead atoms. The van der Waals surface area contributed by atoms with Crippen LogP contribution in [0.1, 0.15) is 31.7 Å². The Morgan fingerprint density at radius 3 is 2.43 bits per heavy atom. The lowest BCUT2D eigenvalue weighted by Gasteiger charge is -2.30. The van der Waals surface area contributed by atoms with E-state index in [1.54, 1.807) is 18.2 Å². The summed E-state index contributed by atoms with van der Waals surface area (Å²) in [6, 6.07) is 5.96. The number of allylic oxidation sites excluding steroid dienone is 2. The van der Waals surface area contributed by atoms with Crippen molar-refractivity contribution in [2.75, 3.05) is 7.11 Å². The Balaban J connectivity index is 2.43. The van der Waals surface area contributed by atoms with Gasteiger partial charge in [0, 0.05) is 5.92 Å². The molecule has 0 N–H and O–H groups in total. The molecule has 0 radical (unpaired) electrons. The maximum atomic E-state index is 13.1. The Morgan fingerprint density at radius 2 is 1.90 bits per heavy atom. The van der Waals surface area contributed by atoms with Crippen molar-refractivity contribution < 1.29 is 18.7 Å². The number of esters is 1. The third-order valence-electron chi connectivity index (χ3n) is 3.99. The topological polar surface area (TPSA) is 43.4 Å². The molecule has 112 valence electrons. The van der Waals surface area contributed by atoms with E-state index in [0.29, 0.717) is 6.42 Å². The van der Waals surface area contributed by atoms with E-state index in [-0.39, 0.29) is 23.4 Å². The monoisotopic (exact) mass is 290 g/mol. The molecule has 0 aromatic heterocycles. The zero-order valence-electron chi connectivity index (χ0n) is 12.4. The smallest absolute Gasteiger partial charge is 0.317 e. The van der Waals surface area contributed by atoms with Gasteiger partial charge in [0.1, 0.15) is 11.7 Å². The van der Waals surface area contributed by atoms with Crippen molar-refractivity contribution in [3.63, 3.8) is 0 Å². The second kappa shape index (κ2) is 6.20. The van der Waals surface area contributed by atoms with Gasteiger partial charge in [0.05, 0.1) is 7.11 Å². The minimum absolute atomic E-state index is 0.230. The number of carbonyl (C=O) groups excluding carboxylic acids is 2. The van der Waals surface area contributed by atoms with Gasteiger partial charge in [-0.3, -0.25) is 9.59 Å². The van der Waals surface area contributed by atoms with Gasteiger partial charge in [-0.15, -0.1) is 0 Å². The highest BCUT2D eigenvalue weighted by Crippen LogP contribution is 2.38. The van der Waals surface area contributed by atoms with Gasteiger partial charge in [0.15, 0.2) is 5.78 Å². The van der Waals surface area contributed by atoms with E-state index >= 15 is 0 Å². The van der Waals surface area contributed by atoms with Gasteiger partial charge in [-0.25, -0.2) is 4.39 Å². The number of hydrogen-bond acceptors (Lipinski definition) is 3. The zero-order chi connectivity index (χ0) is 15.6. The van der Waals surface area contributed by atoms with Crippen LogP contribution in [0.3, 0.4) is 0 Å². The molecule has 0 saturated heterocycles. The van der Waals surface area contributed by atoms with Crippen LogP contribution in [-0.4, -0.2) is 18.9 Å². The number of ketones is 1. The van der Waals surface area contributed by atoms with E-state index < -0.39 is 11.9 Å². The molecule has 0 fully saturated rings. The van der Waals surface area contributed by atoms with Crippen LogP contribution in [0, 0.1) is 17.7 Å². The van der Waals surface area contributed by atoms with Gasteiger partial charge in [-0.1, -0.05) is 31.6 Å². The highest BCUT2D eigenvalue weighted by molar-refractivity contribution is 6.07. The third-order valence-corrected chi connectivity index (χ3v) is 3.99. The average molecular weight is 290 g/mol. The number of halogens is 1. The van der Waals surface area contributed by atoms with Crippen molar-refractivity contribution in [2.45, 2.75) is 26.2 Å². The largest absolute Gasteiger partial charge is 0.468 e. The maximum absolute atomic E-state index is 13.1. The first-order chi connectivity index (χ1) is 9.93. The van der Waals surface area contributed by atoms with Crippen molar-refractivity contribution in [3.05, 3.63) is 47.3 Å². The predicted molar refractivity (Wildman–Crippen MR) is 77.2 cm³/mol. The molecular weight excluding hydrogens is 271 g/mol. The quantitative estimate of drug-likeness (QED) is 0.634. The molecule has 0 heterocycles. The van der Waals surface area contributed by atoms with Crippen molar-refractivity contribution in [1.82, 2.24) is 0 Å². The Kier molecular flexibility index (Phi) is 4.56. The van der Waals surface area contributed by atoms with Crippen molar-refractivity contribution in [3.8, 4) is 0 Å². The first-order valence-electron chi connectivity index (χ1n) is 7.01. The first-order valence-corrected chi connectivity index (χ1v) is 7.01. The highest BCUT2D eigenvalue weighted by Gasteiger charge is 2.39. The number of benzene rings is 1. The molecule has 1 aliphatic rings. The summed E-state index contributed by atoms with van der Waals surface area (Å²) in [4.78, 5) is 24.3. The number of carbonyl (C=O) groups is 2. The summed E-state index contributed by atoms with van der Waals surface area (Å²) in [5.74, 6) is -2.01. The molecule has 21 heavy (non-hydrogen) atoms. The van der Waals surface area contributed by atoms with Crippen molar-refractivity contribution in [1.29, 1.82) is 0 Å². The van der Waals surface area contributed by atoms with E-state index in [0.717, 1.165) is 11.1 Å². The van der Waals surface area contributed by atoms with Crippen LogP contribution >= 0.6 is 0 Å². The van der Waals surface area contributed by atoms with Crippen molar-refractivity contribution >= 4 is 11.8 Å². The summed E-state index contributed by atoms with van der Waals surface area (Å²) in [7, 11) is 1.28. The van der Waals surface area contributed by atoms with E-state index in [4.69, 9.17) is 4.74 Å². The van der Waals surface area contributed by atoms with Crippen LogP contribution in [0.5, 0.6) is 0 Å². The minimum Gasteiger partial charge on any atom is -0.468 e. The summed E-state index contributed by atoms with van der Waals surface area (Å²) in [5, 5.41) is 0. The van der Waals surface area contributed by atoms with E-state index in [1.165, 1.54) is 19.2 Å². The standard InChI is InChI=1S/C17H19FO3/c1-10(2)12-8-14(11-4-6-13(18)7-5-11)16(15(19)9-12)17(20)21-3/h4-7,9-10,14,16H,8H2,1-3H3. The molecule has 2 unspecified atom stereocenters. The zero-order valence-corrected chi connectivity index (χ0v) is 12.4. The van der Waals surface area contributed by atoms with Gasteiger partial charge in [0.25, 0.3) is 0 Å². The lowest BCUT2D eigenvalue weighted by atomic mass is 9.73. The molecule has 4 heteroatoms. The van der Waals surface area contributed by atoms with Crippen molar-refractivity contribution in [2.24, 2.45) is 11.8 Å². The van der Waals surface area contributed by atoms with Crippen LogP contribution in [0.25, 0.3) is 0 Å². The lowest BCUT2D eigenvalue weighted by Crippen LogP contribution is -2.34. The Bertz CT molecular complexity index is 572. The molecule has 0 saturated carbocycles. The fourth-order valence-corrected chi connectivity index (χ4v) is 2.73. The molecule has 2 rings (SSSR count). The Hall–Kier alpha value is -1.97. The molecule has 1 aromatic carbocycles. The van der Waals surface area contributed by atoms with E-state index in [9.17, 15) is 14.0 Å². The van der Waals surface area contributed by atoms with Gasteiger partial charge in [0.2, 0.25) is 0 Å². The normalized spacial score (nSPS) is 22.1. The second-order valence-corrected chi connectivity index (χ2v) is 5.64. The fraction of sp³-hybridized carbons (Fsp3) is 0.412. The number of rotatable bonds is 3. The molecule has 0 aliphatic heterocycles. The number of methoxy groups -OCH3 is 1. The van der Waals surface area contributed by atoms with Crippen LogP contribution < -0.4 is 0 Å². The average Bonchev–Trinajstić information content (AvgIpc) is 2.46. The summed E-state index contributed by atoms with van der Waals surface area (Å²) < 4.78 is 17.9. The number of hydrogen-bond donors (Lipinski definition) is 0. The predicted octanol–water partition coefficient (Wildman–Crippen LogP) is 3.25. The van der Waals surface area contributed by atoms with Crippen LogP contribution in [-0.2, 0) is 14.3 Å². The second-order valence-electron chi connectivity index (χ2n) is 5.64. The molecular formula is C17H19FO3. The Labute approximate surface area is 123 Å². The summed E-state index contributed by atoms with van der Waals surface area (Å²) in [6.07, 6.45) is 2.17. The molecule has 1 aromatic rings. The fourth-order valence-electron chi connectivity index (χ4n) is 2.73. The first kappa shape index (κ1) is 15.4. The molecule has 2 atom stereocenters. The van der Waals surface area contributed by atoms with Gasteiger partial charge >= 0.3 is 5.97 Å². The van der Waals surface area contributed by atoms with E-state index in [2.05, 4.69) is 0 Å². The summed E-state index contributed by atoms with van der Waals surface area (Å²) in [5.41, 5.74) is 1.79. The Morgan fingerprint density at radius 1 is 1.29 bits per heavy atom.